The lowest BCUT2D eigenvalue weighted by atomic mass is 10.1. The fraction of sp³-hybridized carbons (Fsp3) is 0.742. The molecule has 0 rings (SSSR count). The van der Waals surface area contributed by atoms with Crippen molar-refractivity contribution in [2.75, 3.05) is 13.2 Å². The van der Waals surface area contributed by atoms with Gasteiger partial charge in [-0.3, -0.25) is 14.4 Å². The van der Waals surface area contributed by atoms with Gasteiger partial charge in [-0.15, -0.1) is 0 Å². The van der Waals surface area contributed by atoms with E-state index in [1.54, 1.807) is 0 Å². The van der Waals surface area contributed by atoms with Gasteiger partial charge in [-0.25, -0.2) is 0 Å². The maximum absolute atomic E-state index is 12.9. The van der Waals surface area contributed by atoms with Crippen LogP contribution in [0.1, 0.15) is 297 Å². The van der Waals surface area contributed by atoms with Gasteiger partial charge in [0.2, 0.25) is 0 Å². The minimum Gasteiger partial charge on any atom is -0.462 e. The van der Waals surface area contributed by atoms with Crippen LogP contribution in [-0.4, -0.2) is 37.2 Å². The molecule has 6 heteroatoms. The molecule has 0 radical (unpaired) electrons. The number of hydrogen-bond donors (Lipinski definition) is 0. The van der Waals surface area contributed by atoms with Crippen LogP contribution >= 0.6 is 0 Å². The van der Waals surface area contributed by atoms with Crippen LogP contribution in [0.15, 0.2) is 85.1 Å². The predicted octanol–water partition coefficient (Wildman–Crippen LogP) is 20.7. The lowest BCUT2D eigenvalue weighted by Crippen LogP contribution is -2.30. The summed E-state index contributed by atoms with van der Waals surface area (Å²) in [6.07, 6.45) is 78.6. The number of allylic oxidation sites excluding steroid dienone is 14. The molecular weight excluding hydrogens is 889 g/mol. The minimum atomic E-state index is -0.792. The summed E-state index contributed by atoms with van der Waals surface area (Å²) >= 11 is 0. The normalized spacial score (nSPS) is 12.7. The second-order valence-corrected chi connectivity index (χ2v) is 20.2. The molecule has 0 fully saturated rings. The number of hydrogen-bond acceptors (Lipinski definition) is 6. The molecular formula is C66H114O6. The van der Waals surface area contributed by atoms with Gasteiger partial charge in [0.05, 0.1) is 0 Å². The Morgan fingerprint density at radius 1 is 0.292 bits per heavy atom. The van der Waals surface area contributed by atoms with E-state index in [-0.39, 0.29) is 31.1 Å². The van der Waals surface area contributed by atoms with Crippen LogP contribution in [0.5, 0.6) is 0 Å². The van der Waals surface area contributed by atoms with Crippen LogP contribution in [0.2, 0.25) is 0 Å². The SMILES string of the molecule is CC/C=C\C/C=C\C/C=C\C/C=C\CCCCCCCCC(=O)OC(COC(=O)CCCCCCC/C=C\C/C=C\CCCC)COC(=O)CCCCCCCCCCC/C=C\CCCCCCCCCC. The van der Waals surface area contributed by atoms with E-state index in [2.05, 4.69) is 106 Å². The van der Waals surface area contributed by atoms with Gasteiger partial charge in [0.25, 0.3) is 0 Å². The van der Waals surface area contributed by atoms with Crippen LogP contribution in [0.3, 0.4) is 0 Å². The second kappa shape index (κ2) is 60.1. The standard InChI is InChI=1S/C66H114O6/c1-4-7-10-13-16-19-22-25-28-30-32-33-35-36-38-41-44-47-50-53-56-59-65(68)71-62-63(61-70-64(67)58-55-52-49-46-43-40-27-24-21-18-15-12-9-6-3)72-66(69)60-57-54-51-48-45-42-39-37-34-31-29-26-23-20-17-14-11-8-5-2/h8,11,15,17-18,20,24,26-27,29-30,32,34,37,63H,4-7,9-10,12-14,16,19,21-23,25,28,31,33,35-36,38-62H2,1-3H3/b11-8-,18-15-,20-17-,27-24-,29-26-,32-30-,37-34-. The first-order valence-electron chi connectivity index (χ1n) is 30.6. The quantitative estimate of drug-likeness (QED) is 0.0261. The first kappa shape index (κ1) is 68.6. The zero-order valence-corrected chi connectivity index (χ0v) is 47.4. The summed E-state index contributed by atoms with van der Waals surface area (Å²) in [6, 6.07) is 0. The molecule has 0 spiro atoms. The van der Waals surface area contributed by atoms with E-state index in [9.17, 15) is 14.4 Å². The van der Waals surface area contributed by atoms with Crippen LogP contribution in [0.25, 0.3) is 0 Å². The van der Waals surface area contributed by atoms with Crippen molar-refractivity contribution in [1.82, 2.24) is 0 Å². The van der Waals surface area contributed by atoms with Gasteiger partial charge in [0.15, 0.2) is 6.10 Å². The molecule has 0 aromatic heterocycles. The Hall–Kier alpha value is -3.41. The molecule has 0 aliphatic heterocycles. The number of rotatable bonds is 55. The van der Waals surface area contributed by atoms with Crippen molar-refractivity contribution < 1.29 is 28.6 Å². The average molecular weight is 1000 g/mol. The molecule has 0 heterocycles. The first-order chi connectivity index (χ1) is 35.5. The molecule has 0 N–H and O–H groups in total. The molecule has 6 nitrogen and oxygen atoms in total. The van der Waals surface area contributed by atoms with Crippen molar-refractivity contribution in [3.63, 3.8) is 0 Å². The Bertz CT molecular complexity index is 1380. The topological polar surface area (TPSA) is 78.9 Å². The molecule has 0 aromatic carbocycles. The van der Waals surface area contributed by atoms with E-state index >= 15 is 0 Å². The van der Waals surface area contributed by atoms with Crippen LogP contribution in [0.4, 0.5) is 0 Å². The van der Waals surface area contributed by atoms with Gasteiger partial charge < -0.3 is 14.2 Å². The number of esters is 3. The third-order valence-corrected chi connectivity index (χ3v) is 13.1. The van der Waals surface area contributed by atoms with Crippen molar-refractivity contribution in [2.45, 2.75) is 303 Å². The molecule has 0 aliphatic carbocycles. The highest BCUT2D eigenvalue weighted by Gasteiger charge is 2.19. The fourth-order valence-electron chi connectivity index (χ4n) is 8.50. The summed E-state index contributed by atoms with van der Waals surface area (Å²) in [5.74, 6) is -0.909. The summed E-state index contributed by atoms with van der Waals surface area (Å²) < 4.78 is 16.9. The largest absolute Gasteiger partial charge is 0.462 e. The predicted molar refractivity (Wildman–Crippen MR) is 311 cm³/mol. The second-order valence-electron chi connectivity index (χ2n) is 20.2. The zero-order valence-electron chi connectivity index (χ0n) is 47.4. The smallest absolute Gasteiger partial charge is 0.306 e. The van der Waals surface area contributed by atoms with Gasteiger partial charge in [-0.05, 0) is 109 Å². The molecule has 0 saturated heterocycles. The molecule has 0 aromatic rings. The summed E-state index contributed by atoms with van der Waals surface area (Å²) in [7, 11) is 0. The Kier molecular flexibility index (Phi) is 57.3. The van der Waals surface area contributed by atoms with E-state index in [1.807, 2.05) is 0 Å². The van der Waals surface area contributed by atoms with Crippen molar-refractivity contribution in [1.29, 1.82) is 0 Å². The highest BCUT2D eigenvalue weighted by Crippen LogP contribution is 2.15. The zero-order chi connectivity index (χ0) is 52.2. The van der Waals surface area contributed by atoms with Crippen molar-refractivity contribution in [3.8, 4) is 0 Å². The lowest BCUT2D eigenvalue weighted by Gasteiger charge is -2.18. The van der Waals surface area contributed by atoms with E-state index in [1.165, 1.54) is 135 Å². The maximum atomic E-state index is 12.9. The van der Waals surface area contributed by atoms with Gasteiger partial charge in [0, 0.05) is 19.3 Å². The summed E-state index contributed by atoms with van der Waals surface area (Å²) in [6.45, 7) is 6.48. The monoisotopic (exact) mass is 1000 g/mol. The molecule has 0 amide bonds. The fourth-order valence-corrected chi connectivity index (χ4v) is 8.50. The van der Waals surface area contributed by atoms with E-state index in [0.29, 0.717) is 19.3 Å². The highest BCUT2D eigenvalue weighted by atomic mass is 16.6. The minimum absolute atomic E-state index is 0.0875. The van der Waals surface area contributed by atoms with Gasteiger partial charge in [-0.2, -0.15) is 0 Å². The Balaban J connectivity index is 4.39. The number of unbranched alkanes of at least 4 members (excludes halogenated alkanes) is 30. The third-order valence-electron chi connectivity index (χ3n) is 13.1. The summed E-state index contributed by atoms with van der Waals surface area (Å²) in [5.41, 5.74) is 0. The van der Waals surface area contributed by atoms with Crippen molar-refractivity contribution >= 4 is 17.9 Å². The number of ether oxygens (including phenoxy) is 3. The van der Waals surface area contributed by atoms with Gasteiger partial charge >= 0.3 is 17.9 Å². The van der Waals surface area contributed by atoms with E-state index < -0.39 is 6.10 Å². The molecule has 1 atom stereocenters. The van der Waals surface area contributed by atoms with E-state index in [4.69, 9.17) is 14.2 Å². The van der Waals surface area contributed by atoms with Crippen molar-refractivity contribution in [2.24, 2.45) is 0 Å². The molecule has 72 heavy (non-hydrogen) atoms. The maximum Gasteiger partial charge on any atom is 0.306 e. The number of carbonyl (C=O) groups is 3. The van der Waals surface area contributed by atoms with Gasteiger partial charge in [0.1, 0.15) is 13.2 Å². The van der Waals surface area contributed by atoms with Crippen LogP contribution in [0, 0.1) is 0 Å². The summed E-state index contributed by atoms with van der Waals surface area (Å²) in [5, 5.41) is 0. The van der Waals surface area contributed by atoms with Gasteiger partial charge in [-0.1, -0.05) is 254 Å². The molecule has 1 unspecified atom stereocenters. The molecule has 0 saturated carbocycles. The molecule has 0 bridgehead atoms. The van der Waals surface area contributed by atoms with Crippen LogP contribution in [-0.2, 0) is 28.6 Å². The first-order valence-corrected chi connectivity index (χ1v) is 30.6. The third kappa shape index (κ3) is 57.5. The van der Waals surface area contributed by atoms with Crippen molar-refractivity contribution in [3.05, 3.63) is 85.1 Å². The lowest BCUT2D eigenvalue weighted by molar-refractivity contribution is -0.167. The van der Waals surface area contributed by atoms with Crippen LogP contribution < -0.4 is 0 Å². The van der Waals surface area contributed by atoms with E-state index in [0.717, 1.165) is 122 Å². The Labute approximate surface area is 445 Å². The number of carbonyl (C=O) groups excluding carboxylic acids is 3. The highest BCUT2D eigenvalue weighted by molar-refractivity contribution is 5.71. The Morgan fingerprint density at radius 3 is 0.903 bits per heavy atom. The molecule has 414 valence electrons. The average Bonchev–Trinajstić information content (AvgIpc) is 3.38. The summed E-state index contributed by atoms with van der Waals surface area (Å²) in [4.78, 5) is 38.2. The molecule has 0 aliphatic rings. The Morgan fingerprint density at radius 2 is 0.556 bits per heavy atom.